The van der Waals surface area contributed by atoms with Gasteiger partial charge in [0.2, 0.25) is 0 Å². The van der Waals surface area contributed by atoms with Crippen LogP contribution < -0.4 is 0 Å². The van der Waals surface area contributed by atoms with E-state index in [1.807, 2.05) is 0 Å². The minimum Gasteiger partial charge on any atom is -0.481 e. The van der Waals surface area contributed by atoms with Crippen molar-refractivity contribution in [2.75, 3.05) is 0 Å². The first-order valence-corrected chi connectivity index (χ1v) is 2.93. The van der Waals surface area contributed by atoms with Crippen LogP contribution in [0.2, 0.25) is 0 Å². The van der Waals surface area contributed by atoms with Crippen LogP contribution in [-0.2, 0) is 4.79 Å². The maximum atomic E-state index is 10.1. The van der Waals surface area contributed by atoms with Gasteiger partial charge in [-0.15, -0.1) is 0 Å². The molecule has 0 radical (unpaired) electrons. The summed E-state index contributed by atoms with van der Waals surface area (Å²) in [5, 5.41) is 8.35. The van der Waals surface area contributed by atoms with Crippen LogP contribution in [0.5, 0.6) is 0 Å². The van der Waals surface area contributed by atoms with Crippen LogP contribution in [0.15, 0.2) is 0 Å². The molecule has 0 amide bonds. The van der Waals surface area contributed by atoms with E-state index < -0.39 is 5.97 Å². The van der Waals surface area contributed by atoms with E-state index in [9.17, 15) is 4.79 Å². The highest BCUT2D eigenvalue weighted by Crippen LogP contribution is 2.32. The van der Waals surface area contributed by atoms with Gasteiger partial charge < -0.3 is 5.11 Å². The van der Waals surface area contributed by atoms with Crippen molar-refractivity contribution in [1.29, 1.82) is 0 Å². The Morgan fingerprint density at radius 3 is 2.25 bits per heavy atom. The van der Waals surface area contributed by atoms with E-state index in [0.717, 1.165) is 12.8 Å². The SMILES string of the molecule is C[C@H]1C[C@@H](C(=O)O)C1. The quantitative estimate of drug-likeness (QED) is 0.554. The minimum absolute atomic E-state index is 0.0231. The molecular weight excluding hydrogens is 104 g/mol. The van der Waals surface area contributed by atoms with Crippen molar-refractivity contribution in [3.63, 3.8) is 0 Å². The van der Waals surface area contributed by atoms with Crippen molar-refractivity contribution >= 4 is 5.97 Å². The lowest BCUT2D eigenvalue weighted by molar-refractivity contribution is -0.146. The predicted octanol–water partition coefficient (Wildman–Crippen LogP) is 1.12. The Bertz CT molecular complexity index is 103. The lowest BCUT2D eigenvalue weighted by Crippen LogP contribution is -2.28. The largest absolute Gasteiger partial charge is 0.481 e. The number of carbonyl (C=O) groups is 1. The molecule has 1 aliphatic rings. The van der Waals surface area contributed by atoms with E-state index in [1.54, 1.807) is 0 Å². The van der Waals surface area contributed by atoms with Crippen molar-refractivity contribution < 1.29 is 9.90 Å². The Hall–Kier alpha value is -0.530. The summed E-state index contributed by atoms with van der Waals surface area (Å²) in [4.78, 5) is 10.1. The zero-order chi connectivity index (χ0) is 6.15. The van der Waals surface area contributed by atoms with Gasteiger partial charge in [0.05, 0.1) is 5.92 Å². The summed E-state index contributed by atoms with van der Waals surface area (Å²) in [5.41, 5.74) is 0. The normalized spacial score (nSPS) is 36.1. The maximum absolute atomic E-state index is 10.1. The third-order valence-electron chi connectivity index (χ3n) is 1.72. The second kappa shape index (κ2) is 1.77. The molecule has 0 aliphatic heterocycles. The van der Waals surface area contributed by atoms with Crippen LogP contribution >= 0.6 is 0 Å². The Kier molecular flexibility index (Phi) is 1.24. The van der Waals surface area contributed by atoms with E-state index in [4.69, 9.17) is 5.11 Å². The fourth-order valence-corrected chi connectivity index (χ4v) is 1.10. The first-order chi connectivity index (χ1) is 3.70. The molecule has 1 rings (SSSR count). The summed E-state index contributed by atoms with van der Waals surface area (Å²) in [6.45, 7) is 2.08. The van der Waals surface area contributed by atoms with Crippen molar-refractivity contribution in [2.45, 2.75) is 19.8 Å². The lowest BCUT2D eigenvalue weighted by atomic mass is 9.76. The molecule has 46 valence electrons. The summed E-state index contributed by atoms with van der Waals surface area (Å²) >= 11 is 0. The highest BCUT2D eigenvalue weighted by Gasteiger charge is 2.30. The molecule has 0 atom stereocenters. The summed E-state index contributed by atoms with van der Waals surface area (Å²) in [6.07, 6.45) is 1.77. The molecule has 1 saturated carbocycles. The molecule has 2 heteroatoms. The van der Waals surface area contributed by atoms with Gasteiger partial charge in [-0.1, -0.05) is 6.92 Å². The highest BCUT2D eigenvalue weighted by atomic mass is 16.4. The maximum Gasteiger partial charge on any atom is 0.306 e. The van der Waals surface area contributed by atoms with Crippen molar-refractivity contribution in [1.82, 2.24) is 0 Å². The zero-order valence-electron chi connectivity index (χ0n) is 4.92. The second-order valence-corrected chi connectivity index (χ2v) is 2.61. The minimum atomic E-state index is -0.622. The van der Waals surface area contributed by atoms with Gasteiger partial charge in [0, 0.05) is 0 Å². The number of carboxylic acids is 1. The smallest absolute Gasteiger partial charge is 0.306 e. The van der Waals surface area contributed by atoms with Gasteiger partial charge in [-0.25, -0.2) is 0 Å². The van der Waals surface area contributed by atoms with E-state index in [1.165, 1.54) is 0 Å². The van der Waals surface area contributed by atoms with Gasteiger partial charge in [-0.2, -0.15) is 0 Å². The van der Waals surface area contributed by atoms with Gasteiger partial charge in [0.1, 0.15) is 0 Å². The lowest BCUT2D eigenvalue weighted by Gasteiger charge is -2.28. The molecule has 0 heterocycles. The molecule has 1 fully saturated rings. The zero-order valence-corrected chi connectivity index (χ0v) is 4.92. The van der Waals surface area contributed by atoms with E-state index in [0.29, 0.717) is 5.92 Å². The molecule has 8 heavy (non-hydrogen) atoms. The van der Waals surface area contributed by atoms with Crippen molar-refractivity contribution in [3.8, 4) is 0 Å². The standard InChI is InChI=1S/C6H10O2/c1-4-2-5(3-4)6(7)8/h4-5H,2-3H2,1H3,(H,7,8)/t4-,5+. The number of carboxylic acid groups (broad SMARTS) is 1. The summed E-state index contributed by atoms with van der Waals surface area (Å²) in [6, 6.07) is 0. The van der Waals surface area contributed by atoms with Crippen LogP contribution in [0.25, 0.3) is 0 Å². The van der Waals surface area contributed by atoms with Crippen molar-refractivity contribution in [3.05, 3.63) is 0 Å². The third-order valence-corrected chi connectivity index (χ3v) is 1.72. The second-order valence-electron chi connectivity index (χ2n) is 2.61. The molecule has 0 aromatic rings. The molecule has 2 nitrogen and oxygen atoms in total. The first kappa shape index (κ1) is 5.60. The number of hydrogen-bond acceptors (Lipinski definition) is 1. The molecule has 0 bridgehead atoms. The summed E-state index contributed by atoms with van der Waals surface area (Å²) in [7, 11) is 0. The van der Waals surface area contributed by atoms with E-state index in [2.05, 4.69) is 6.92 Å². The van der Waals surface area contributed by atoms with Gasteiger partial charge in [0.15, 0.2) is 0 Å². The Morgan fingerprint density at radius 1 is 1.62 bits per heavy atom. The molecule has 0 spiro atoms. The highest BCUT2D eigenvalue weighted by molar-refractivity contribution is 5.70. The van der Waals surface area contributed by atoms with Crippen LogP contribution in [0.4, 0.5) is 0 Å². The molecular formula is C6H10O2. The van der Waals surface area contributed by atoms with E-state index in [-0.39, 0.29) is 5.92 Å². The van der Waals surface area contributed by atoms with E-state index >= 15 is 0 Å². The number of rotatable bonds is 1. The monoisotopic (exact) mass is 114 g/mol. The first-order valence-electron chi connectivity index (χ1n) is 2.93. The van der Waals surface area contributed by atoms with Gasteiger partial charge in [-0.3, -0.25) is 4.79 Å². The summed E-state index contributed by atoms with van der Waals surface area (Å²) < 4.78 is 0. The number of aliphatic carboxylic acids is 1. The average Bonchev–Trinajstić information content (AvgIpc) is 1.57. The number of hydrogen-bond donors (Lipinski definition) is 1. The van der Waals surface area contributed by atoms with Crippen LogP contribution in [0.3, 0.4) is 0 Å². The topological polar surface area (TPSA) is 37.3 Å². The van der Waals surface area contributed by atoms with Gasteiger partial charge >= 0.3 is 5.97 Å². The van der Waals surface area contributed by atoms with Gasteiger partial charge in [0.25, 0.3) is 0 Å². The summed E-state index contributed by atoms with van der Waals surface area (Å²) in [5.74, 6) is 0.00389. The Labute approximate surface area is 48.5 Å². The van der Waals surface area contributed by atoms with Crippen LogP contribution in [-0.4, -0.2) is 11.1 Å². The molecule has 0 aromatic carbocycles. The van der Waals surface area contributed by atoms with Crippen LogP contribution in [0.1, 0.15) is 19.8 Å². The van der Waals surface area contributed by atoms with Crippen molar-refractivity contribution in [2.24, 2.45) is 11.8 Å². The van der Waals surface area contributed by atoms with Gasteiger partial charge in [-0.05, 0) is 18.8 Å². The molecule has 0 aromatic heterocycles. The molecule has 1 aliphatic carbocycles. The fraction of sp³-hybridized carbons (Fsp3) is 0.833. The molecule has 0 saturated heterocycles. The molecule has 0 unspecified atom stereocenters. The Balaban J connectivity index is 2.25. The molecule has 1 N–H and O–H groups in total. The fourth-order valence-electron chi connectivity index (χ4n) is 1.10. The third kappa shape index (κ3) is 0.831. The van der Waals surface area contributed by atoms with Crippen LogP contribution in [0, 0.1) is 11.8 Å². The Morgan fingerprint density at radius 2 is 2.12 bits per heavy atom. The average molecular weight is 114 g/mol. The predicted molar refractivity (Wildman–Crippen MR) is 29.5 cm³/mol.